The van der Waals surface area contributed by atoms with Crippen LogP contribution in [0.5, 0.6) is 0 Å². The maximum Gasteiger partial charge on any atom is 0.0198 e. The van der Waals surface area contributed by atoms with Crippen molar-refractivity contribution in [2.45, 2.75) is 63.2 Å². The summed E-state index contributed by atoms with van der Waals surface area (Å²) in [5.41, 5.74) is 0. The molecule has 0 amide bonds. The second-order valence-corrected chi connectivity index (χ2v) is 5.40. The summed E-state index contributed by atoms with van der Waals surface area (Å²) < 4.78 is 0. The Labute approximate surface area is 93.4 Å². The molecule has 14 heavy (non-hydrogen) atoms. The van der Waals surface area contributed by atoms with E-state index in [1.54, 1.807) is 0 Å². The predicted molar refractivity (Wildman–Crippen MR) is 67.1 cm³/mol. The van der Waals surface area contributed by atoms with Crippen molar-refractivity contribution in [1.29, 1.82) is 0 Å². The van der Waals surface area contributed by atoms with Gasteiger partial charge in [0.25, 0.3) is 0 Å². The smallest absolute Gasteiger partial charge is 0.0198 e. The molecule has 1 aliphatic rings. The molecule has 2 atom stereocenters. The summed E-state index contributed by atoms with van der Waals surface area (Å²) in [6.45, 7) is 3.51. The Bertz CT molecular complexity index is 138. The van der Waals surface area contributed by atoms with Crippen LogP contribution >= 0.6 is 11.8 Å². The van der Waals surface area contributed by atoms with Crippen LogP contribution in [-0.4, -0.2) is 24.1 Å². The number of nitrogens with one attached hydrogen (secondary N) is 1. The topological polar surface area (TPSA) is 12.0 Å². The van der Waals surface area contributed by atoms with E-state index in [4.69, 9.17) is 0 Å². The third-order valence-electron chi connectivity index (χ3n) is 3.19. The summed E-state index contributed by atoms with van der Waals surface area (Å²) >= 11 is 2.05. The highest BCUT2D eigenvalue weighted by molar-refractivity contribution is 7.99. The molecule has 0 aliphatic heterocycles. The van der Waals surface area contributed by atoms with E-state index in [0.717, 1.165) is 11.3 Å². The summed E-state index contributed by atoms with van der Waals surface area (Å²) in [6, 6.07) is 0.812. The zero-order chi connectivity index (χ0) is 10.2. The van der Waals surface area contributed by atoms with Gasteiger partial charge in [-0.15, -0.1) is 0 Å². The van der Waals surface area contributed by atoms with Gasteiger partial charge in [-0.25, -0.2) is 0 Å². The Morgan fingerprint density at radius 1 is 1.21 bits per heavy atom. The monoisotopic (exact) mass is 215 g/mol. The average molecular weight is 215 g/mol. The van der Waals surface area contributed by atoms with Gasteiger partial charge >= 0.3 is 0 Å². The lowest BCUT2D eigenvalue weighted by atomic mass is 10.2. The number of thioether (sulfide) groups is 1. The Balaban J connectivity index is 2.00. The minimum absolute atomic E-state index is 0.812. The number of rotatable bonds is 7. The van der Waals surface area contributed by atoms with Crippen LogP contribution in [0, 0.1) is 0 Å². The van der Waals surface area contributed by atoms with Gasteiger partial charge in [-0.3, -0.25) is 0 Å². The van der Waals surface area contributed by atoms with Crippen molar-refractivity contribution in [3.63, 3.8) is 0 Å². The first-order chi connectivity index (χ1) is 6.88. The Morgan fingerprint density at radius 2 is 2.07 bits per heavy atom. The Morgan fingerprint density at radius 3 is 2.79 bits per heavy atom. The molecule has 1 fully saturated rings. The van der Waals surface area contributed by atoms with Gasteiger partial charge in [0.1, 0.15) is 0 Å². The summed E-state index contributed by atoms with van der Waals surface area (Å²) in [5.74, 6) is 0. The van der Waals surface area contributed by atoms with Crippen molar-refractivity contribution in [3.8, 4) is 0 Å². The van der Waals surface area contributed by atoms with Gasteiger partial charge in [0, 0.05) is 11.3 Å². The van der Waals surface area contributed by atoms with Crippen molar-refractivity contribution >= 4 is 11.8 Å². The minimum atomic E-state index is 0.812. The normalized spacial score (nSPS) is 27.0. The van der Waals surface area contributed by atoms with Crippen LogP contribution in [0.2, 0.25) is 0 Å². The highest BCUT2D eigenvalue weighted by Crippen LogP contribution is 2.28. The molecule has 0 heterocycles. The maximum atomic E-state index is 3.72. The van der Waals surface area contributed by atoms with Gasteiger partial charge in [0.05, 0.1) is 0 Å². The zero-order valence-corrected chi connectivity index (χ0v) is 10.5. The lowest BCUT2D eigenvalue weighted by molar-refractivity contribution is 0.508. The van der Waals surface area contributed by atoms with Crippen LogP contribution < -0.4 is 5.32 Å². The summed E-state index contributed by atoms with van der Waals surface area (Å²) in [6.07, 6.45) is 12.0. The molecular formula is C12H25NS. The first-order valence-electron chi connectivity index (χ1n) is 6.14. The van der Waals surface area contributed by atoms with Gasteiger partial charge in [-0.2, -0.15) is 11.8 Å². The van der Waals surface area contributed by atoms with E-state index in [1.165, 1.54) is 51.5 Å². The standard InChI is InChI=1S/C12H25NS/c1-3-4-5-6-10-13-11-8-7-9-12(11)14-2/h11-13H,3-10H2,1-2H3. The molecular weight excluding hydrogens is 190 g/mol. The van der Waals surface area contributed by atoms with Gasteiger partial charge in [0.15, 0.2) is 0 Å². The van der Waals surface area contributed by atoms with Crippen molar-refractivity contribution in [1.82, 2.24) is 5.32 Å². The SMILES string of the molecule is CCCCCCNC1CCCC1SC. The van der Waals surface area contributed by atoms with Gasteiger partial charge < -0.3 is 5.32 Å². The number of unbranched alkanes of at least 4 members (excludes halogenated alkanes) is 3. The van der Waals surface area contributed by atoms with Gasteiger partial charge in [-0.05, 0) is 32.1 Å². The lowest BCUT2D eigenvalue weighted by Gasteiger charge is -2.18. The Hall–Kier alpha value is 0.310. The second kappa shape index (κ2) is 7.58. The summed E-state index contributed by atoms with van der Waals surface area (Å²) in [5, 5.41) is 4.61. The third kappa shape index (κ3) is 4.22. The highest BCUT2D eigenvalue weighted by Gasteiger charge is 2.25. The molecule has 0 bridgehead atoms. The lowest BCUT2D eigenvalue weighted by Crippen LogP contribution is -2.34. The molecule has 0 spiro atoms. The quantitative estimate of drug-likeness (QED) is 0.653. The summed E-state index contributed by atoms with van der Waals surface area (Å²) in [4.78, 5) is 0. The average Bonchev–Trinajstić information content (AvgIpc) is 2.65. The second-order valence-electron chi connectivity index (χ2n) is 4.33. The molecule has 1 saturated carbocycles. The van der Waals surface area contributed by atoms with E-state index in [2.05, 4.69) is 18.5 Å². The van der Waals surface area contributed by atoms with E-state index < -0.39 is 0 Å². The van der Waals surface area contributed by atoms with E-state index in [1.807, 2.05) is 11.8 Å². The predicted octanol–water partition coefficient (Wildman–Crippen LogP) is 3.44. The number of hydrogen-bond donors (Lipinski definition) is 1. The van der Waals surface area contributed by atoms with E-state index in [0.29, 0.717) is 0 Å². The van der Waals surface area contributed by atoms with Crippen LogP contribution in [0.4, 0.5) is 0 Å². The molecule has 0 aromatic carbocycles. The molecule has 1 nitrogen and oxygen atoms in total. The van der Waals surface area contributed by atoms with E-state index in [-0.39, 0.29) is 0 Å². The first-order valence-corrected chi connectivity index (χ1v) is 7.43. The molecule has 2 unspecified atom stereocenters. The fourth-order valence-corrected chi connectivity index (χ4v) is 3.24. The van der Waals surface area contributed by atoms with Crippen LogP contribution in [0.25, 0.3) is 0 Å². The van der Waals surface area contributed by atoms with E-state index >= 15 is 0 Å². The summed E-state index contributed by atoms with van der Waals surface area (Å²) in [7, 11) is 0. The van der Waals surface area contributed by atoms with Crippen molar-refractivity contribution < 1.29 is 0 Å². The molecule has 1 rings (SSSR count). The maximum absolute atomic E-state index is 3.72. The molecule has 0 radical (unpaired) electrons. The molecule has 0 aromatic heterocycles. The molecule has 1 aliphatic carbocycles. The fraction of sp³-hybridized carbons (Fsp3) is 1.00. The first kappa shape index (κ1) is 12.4. The fourth-order valence-electron chi connectivity index (χ4n) is 2.28. The van der Waals surface area contributed by atoms with E-state index in [9.17, 15) is 0 Å². The highest BCUT2D eigenvalue weighted by atomic mass is 32.2. The molecule has 1 N–H and O–H groups in total. The van der Waals surface area contributed by atoms with Crippen LogP contribution in [0.1, 0.15) is 51.9 Å². The van der Waals surface area contributed by atoms with Crippen molar-refractivity contribution in [2.75, 3.05) is 12.8 Å². The Kier molecular flexibility index (Phi) is 6.70. The third-order valence-corrected chi connectivity index (χ3v) is 4.36. The van der Waals surface area contributed by atoms with Crippen LogP contribution in [0.3, 0.4) is 0 Å². The van der Waals surface area contributed by atoms with Gasteiger partial charge in [-0.1, -0.05) is 32.6 Å². The zero-order valence-electron chi connectivity index (χ0n) is 9.72. The molecule has 0 aromatic rings. The van der Waals surface area contributed by atoms with Gasteiger partial charge in [0.2, 0.25) is 0 Å². The van der Waals surface area contributed by atoms with Crippen LogP contribution in [-0.2, 0) is 0 Å². The molecule has 2 heteroatoms. The largest absolute Gasteiger partial charge is 0.313 e. The molecule has 84 valence electrons. The van der Waals surface area contributed by atoms with Crippen molar-refractivity contribution in [3.05, 3.63) is 0 Å². The molecule has 0 saturated heterocycles. The minimum Gasteiger partial charge on any atom is -0.313 e. The number of hydrogen-bond acceptors (Lipinski definition) is 2. The van der Waals surface area contributed by atoms with Crippen LogP contribution in [0.15, 0.2) is 0 Å². The van der Waals surface area contributed by atoms with Crippen molar-refractivity contribution in [2.24, 2.45) is 0 Å².